The highest BCUT2D eigenvalue weighted by molar-refractivity contribution is 7.09. The second-order valence-electron chi connectivity index (χ2n) is 2.33. The minimum absolute atomic E-state index is 0.164. The Morgan fingerprint density at radius 2 is 2.58 bits per heavy atom. The molecule has 0 fully saturated rings. The average molecular weight is 181 g/mol. The van der Waals surface area contributed by atoms with Crippen molar-refractivity contribution in [1.82, 2.24) is 14.8 Å². The first-order chi connectivity index (χ1) is 5.86. The van der Waals surface area contributed by atoms with E-state index in [-0.39, 0.29) is 5.69 Å². The summed E-state index contributed by atoms with van der Waals surface area (Å²) in [5.41, 5.74) is -0.164. The molecule has 0 aromatic carbocycles. The first-order valence-corrected chi connectivity index (χ1v) is 4.37. The van der Waals surface area contributed by atoms with E-state index < -0.39 is 0 Å². The molecule has 0 spiro atoms. The van der Waals surface area contributed by atoms with Gasteiger partial charge in [0.05, 0.1) is 6.54 Å². The number of thiophene rings is 1. The second kappa shape index (κ2) is 2.94. The van der Waals surface area contributed by atoms with E-state index in [1.807, 2.05) is 17.5 Å². The summed E-state index contributed by atoms with van der Waals surface area (Å²) in [4.78, 5) is 14.6. The van der Waals surface area contributed by atoms with Crippen LogP contribution in [0.15, 0.2) is 28.6 Å². The van der Waals surface area contributed by atoms with Gasteiger partial charge < -0.3 is 0 Å². The highest BCUT2D eigenvalue weighted by atomic mass is 32.1. The lowest BCUT2D eigenvalue weighted by molar-refractivity contribution is 0.666. The van der Waals surface area contributed by atoms with Crippen molar-refractivity contribution >= 4 is 11.3 Å². The Labute approximate surface area is 72.5 Å². The van der Waals surface area contributed by atoms with Crippen molar-refractivity contribution in [1.29, 1.82) is 0 Å². The van der Waals surface area contributed by atoms with Crippen LogP contribution in [-0.4, -0.2) is 14.8 Å². The van der Waals surface area contributed by atoms with E-state index in [0.29, 0.717) is 6.54 Å². The predicted molar refractivity (Wildman–Crippen MR) is 46.3 cm³/mol. The molecule has 62 valence electrons. The molecule has 0 saturated heterocycles. The van der Waals surface area contributed by atoms with Crippen molar-refractivity contribution in [3.8, 4) is 0 Å². The summed E-state index contributed by atoms with van der Waals surface area (Å²) in [6.45, 7) is 0.556. The van der Waals surface area contributed by atoms with E-state index in [4.69, 9.17) is 0 Å². The van der Waals surface area contributed by atoms with Gasteiger partial charge in [-0.3, -0.25) is 4.98 Å². The van der Waals surface area contributed by atoms with E-state index in [0.717, 1.165) is 4.88 Å². The zero-order valence-electron chi connectivity index (χ0n) is 6.23. The van der Waals surface area contributed by atoms with E-state index >= 15 is 0 Å². The molecule has 0 aliphatic rings. The lowest BCUT2D eigenvalue weighted by atomic mass is 10.5. The van der Waals surface area contributed by atoms with Crippen LogP contribution in [0.3, 0.4) is 0 Å². The molecule has 12 heavy (non-hydrogen) atoms. The Hall–Kier alpha value is -1.36. The highest BCUT2D eigenvalue weighted by Gasteiger charge is 1.98. The molecular weight excluding hydrogens is 174 g/mol. The molecule has 2 aromatic heterocycles. The maximum atomic E-state index is 11.0. The molecule has 0 unspecified atom stereocenters. The SMILES string of the molecule is O=c1[nH]cnn1Cc1cccs1. The zero-order chi connectivity index (χ0) is 8.39. The minimum atomic E-state index is -0.164. The van der Waals surface area contributed by atoms with Crippen LogP contribution in [0.5, 0.6) is 0 Å². The number of hydrogen-bond donors (Lipinski definition) is 1. The lowest BCUT2D eigenvalue weighted by Crippen LogP contribution is -2.18. The van der Waals surface area contributed by atoms with Crippen LogP contribution < -0.4 is 5.69 Å². The van der Waals surface area contributed by atoms with Crippen LogP contribution in [-0.2, 0) is 6.54 Å². The Kier molecular flexibility index (Phi) is 1.79. The average Bonchev–Trinajstić information content (AvgIpc) is 2.65. The third-order valence-electron chi connectivity index (χ3n) is 1.51. The summed E-state index contributed by atoms with van der Waals surface area (Å²) < 4.78 is 1.39. The third kappa shape index (κ3) is 1.31. The first-order valence-electron chi connectivity index (χ1n) is 3.49. The summed E-state index contributed by atoms with van der Waals surface area (Å²) >= 11 is 1.62. The standard InChI is InChI=1S/C7H7N3OS/c11-7-8-5-9-10(7)4-6-2-1-3-12-6/h1-3,5H,4H2,(H,8,9,11). The van der Waals surface area contributed by atoms with Crippen molar-refractivity contribution in [2.45, 2.75) is 6.54 Å². The van der Waals surface area contributed by atoms with Gasteiger partial charge in [-0.05, 0) is 11.4 Å². The largest absolute Gasteiger partial charge is 0.343 e. The summed E-state index contributed by atoms with van der Waals surface area (Å²) in [5, 5.41) is 5.83. The van der Waals surface area contributed by atoms with Gasteiger partial charge in [-0.25, -0.2) is 9.48 Å². The molecule has 0 radical (unpaired) electrons. The van der Waals surface area contributed by atoms with Gasteiger partial charge in [0.2, 0.25) is 0 Å². The number of hydrogen-bond acceptors (Lipinski definition) is 3. The maximum absolute atomic E-state index is 11.0. The zero-order valence-corrected chi connectivity index (χ0v) is 7.04. The van der Waals surface area contributed by atoms with Gasteiger partial charge in [-0.2, -0.15) is 5.10 Å². The van der Waals surface area contributed by atoms with E-state index in [1.165, 1.54) is 11.0 Å². The van der Waals surface area contributed by atoms with Crippen molar-refractivity contribution in [2.24, 2.45) is 0 Å². The molecule has 5 heteroatoms. The van der Waals surface area contributed by atoms with E-state index in [9.17, 15) is 4.79 Å². The lowest BCUT2D eigenvalue weighted by Gasteiger charge is -1.93. The Bertz CT molecular complexity index is 400. The predicted octanol–water partition coefficient (Wildman–Crippen LogP) is 0.681. The van der Waals surface area contributed by atoms with Crippen LogP contribution in [0, 0.1) is 0 Å². The van der Waals surface area contributed by atoms with Gasteiger partial charge in [0.25, 0.3) is 0 Å². The molecule has 0 bridgehead atoms. The summed E-state index contributed by atoms with van der Waals surface area (Å²) in [6, 6.07) is 3.93. The third-order valence-corrected chi connectivity index (χ3v) is 2.37. The molecule has 4 nitrogen and oxygen atoms in total. The van der Waals surface area contributed by atoms with Crippen LogP contribution in [0.25, 0.3) is 0 Å². The molecule has 2 rings (SSSR count). The normalized spacial score (nSPS) is 10.3. The number of aromatic amines is 1. The van der Waals surface area contributed by atoms with Gasteiger partial charge in [0.15, 0.2) is 0 Å². The molecule has 0 aliphatic carbocycles. The Morgan fingerprint density at radius 3 is 3.17 bits per heavy atom. The van der Waals surface area contributed by atoms with Crippen LogP contribution in [0.2, 0.25) is 0 Å². The quantitative estimate of drug-likeness (QED) is 0.740. The Balaban J connectivity index is 2.25. The smallest absolute Gasteiger partial charge is 0.295 e. The van der Waals surface area contributed by atoms with Gasteiger partial charge in [-0.15, -0.1) is 11.3 Å². The van der Waals surface area contributed by atoms with Crippen molar-refractivity contribution < 1.29 is 0 Å². The van der Waals surface area contributed by atoms with Crippen LogP contribution in [0.1, 0.15) is 4.88 Å². The number of nitrogens with one attached hydrogen (secondary N) is 1. The molecular formula is C7H7N3OS. The Morgan fingerprint density at radius 1 is 1.67 bits per heavy atom. The fourth-order valence-corrected chi connectivity index (χ4v) is 1.63. The highest BCUT2D eigenvalue weighted by Crippen LogP contribution is 2.08. The number of H-pyrrole nitrogens is 1. The summed E-state index contributed by atoms with van der Waals surface area (Å²) in [5.74, 6) is 0. The number of aromatic nitrogens is 3. The van der Waals surface area contributed by atoms with Crippen LogP contribution >= 0.6 is 11.3 Å². The van der Waals surface area contributed by atoms with Gasteiger partial charge in [-0.1, -0.05) is 6.07 Å². The van der Waals surface area contributed by atoms with Crippen LogP contribution in [0.4, 0.5) is 0 Å². The van der Waals surface area contributed by atoms with E-state index in [2.05, 4.69) is 10.1 Å². The van der Waals surface area contributed by atoms with Crippen molar-refractivity contribution in [3.63, 3.8) is 0 Å². The topological polar surface area (TPSA) is 50.7 Å². The molecule has 0 amide bonds. The van der Waals surface area contributed by atoms with E-state index in [1.54, 1.807) is 11.3 Å². The molecule has 0 saturated carbocycles. The number of rotatable bonds is 2. The van der Waals surface area contributed by atoms with Crippen molar-refractivity contribution in [3.05, 3.63) is 39.2 Å². The van der Waals surface area contributed by atoms with Crippen molar-refractivity contribution in [2.75, 3.05) is 0 Å². The summed E-state index contributed by atoms with van der Waals surface area (Å²) in [7, 11) is 0. The molecule has 1 N–H and O–H groups in total. The molecule has 0 aliphatic heterocycles. The first kappa shape index (κ1) is 7.30. The van der Waals surface area contributed by atoms with Gasteiger partial charge in [0, 0.05) is 4.88 Å². The number of nitrogens with zero attached hydrogens (tertiary/aromatic N) is 2. The molecule has 2 aromatic rings. The minimum Gasteiger partial charge on any atom is -0.295 e. The molecule has 0 atom stereocenters. The fraction of sp³-hybridized carbons (Fsp3) is 0.143. The van der Waals surface area contributed by atoms with Gasteiger partial charge >= 0.3 is 5.69 Å². The fourth-order valence-electron chi connectivity index (χ4n) is 0.944. The van der Waals surface area contributed by atoms with Gasteiger partial charge in [0.1, 0.15) is 6.33 Å². The second-order valence-corrected chi connectivity index (χ2v) is 3.36. The molecule has 2 heterocycles. The summed E-state index contributed by atoms with van der Waals surface area (Å²) in [6.07, 6.45) is 1.40. The monoisotopic (exact) mass is 181 g/mol. The maximum Gasteiger partial charge on any atom is 0.343 e.